The number of anilines is 2. The molecule has 1 heterocycles. The third-order valence-corrected chi connectivity index (χ3v) is 5.58. The second-order valence-corrected chi connectivity index (χ2v) is 7.96. The molecule has 1 fully saturated rings. The predicted molar refractivity (Wildman–Crippen MR) is 130 cm³/mol. The Kier molecular flexibility index (Phi) is 8.63. The van der Waals surface area contributed by atoms with Gasteiger partial charge >= 0.3 is 5.97 Å². The van der Waals surface area contributed by atoms with Crippen molar-refractivity contribution < 1.29 is 9.90 Å². The third-order valence-electron chi connectivity index (χ3n) is 5.58. The van der Waals surface area contributed by atoms with Crippen molar-refractivity contribution in [3.8, 4) is 0 Å². The van der Waals surface area contributed by atoms with Crippen molar-refractivity contribution in [1.29, 1.82) is 0 Å². The molecule has 0 atom stereocenters. The third kappa shape index (κ3) is 6.82. The van der Waals surface area contributed by atoms with Crippen LogP contribution in [-0.4, -0.2) is 35.7 Å². The highest BCUT2D eigenvalue weighted by Gasteiger charge is 2.51. The number of nitrogens with two attached hydrogens (primary N) is 1. The van der Waals surface area contributed by atoms with Gasteiger partial charge < -0.3 is 21.5 Å². The molecule has 0 aliphatic heterocycles. The summed E-state index contributed by atoms with van der Waals surface area (Å²) in [5.41, 5.74) is 8.17. The standard InChI is InChI=1S/C20H26N4O2.C6H6/c21-18-17(6-2-11-24-18)23-12-3-10-22-13-7-15-4-1-5-16(14-15)20(8-9-20)19(25)26;1-2-4-6-5-3-1/h1-2,4-6,11,14,22-23H,3,7-10,12-13H2,(H2,21,24)(H,25,26);1-6H. The molecule has 1 aliphatic carbocycles. The summed E-state index contributed by atoms with van der Waals surface area (Å²) < 4.78 is 0. The maximum absolute atomic E-state index is 11.4. The van der Waals surface area contributed by atoms with Crippen LogP contribution in [0.15, 0.2) is 79.0 Å². The maximum Gasteiger partial charge on any atom is 0.314 e. The van der Waals surface area contributed by atoms with Gasteiger partial charge in [0.15, 0.2) is 0 Å². The van der Waals surface area contributed by atoms with Gasteiger partial charge in [0.1, 0.15) is 5.82 Å². The van der Waals surface area contributed by atoms with Crippen molar-refractivity contribution in [3.05, 3.63) is 90.1 Å². The fourth-order valence-electron chi connectivity index (χ4n) is 3.52. The molecular formula is C26H32N4O2. The highest BCUT2D eigenvalue weighted by Crippen LogP contribution is 2.48. The van der Waals surface area contributed by atoms with Gasteiger partial charge in [-0.2, -0.15) is 0 Å². The summed E-state index contributed by atoms with van der Waals surface area (Å²) in [6.07, 6.45) is 5.05. The minimum atomic E-state index is -0.700. The summed E-state index contributed by atoms with van der Waals surface area (Å²) in [4.78, 5) is 15.5. The highest BCUT2D eigenvalue weighted by molar-refractivity contribution is 5.84. The lowest BCUT2D eigenvalue weighted by atomic mass is 9.94. The second-order valence-electron chi connectivity index (χ2n) is 7.96. The average molecular weight is 433 g/mol. The molecule has 4 rings (SSSR count). The molecule has 1 aromatic heterocycles. The van der Waals surface area contributed by atoms with E-state index in [4.69, 9.17) is 5.73 Å². The molecule has 6 nitrogen and oxygen atoms in total. The van der Waals surface area contributed by atoms with Crippen LogP contribution < -0.4 is 16.4 Å². The number of aromatic nitrogens is 1. The number of aliphatic carboxylic acids is 1. The molecule has 0 radical (unpaired) electrons. The number of hydrogen-bond acceptors (Lipinski definition) is 5. The quantitative estimate of drug-likeness (QED) is 0.360. The topological polar surface area (TPSA) is 100 Å². The average Bonchev–Trinajstić information content (AvgIpc) is 3.64. The highest BCUT2D eigenvalue weighted by atomic mass is 16.4. The first-order valence-corrected chi connectivity index (χ1v) is 11.1. The van der Waals surface area contributed by atoms with Gasteiger partial charge in [0.25, 0.3) is 0 Å². The lowest BCUT2D eigenvalue weighted by Crippen LogP contribution is -2.22. The van der Waals surface area contributed by atoms with Gasteiger partial charge in [0, 0.05) is 12.7 Å². The number of carboxylic acid groups (broad SMARTS) is 1. The Labute approximate surface area is 189 Å². The molecule has 0 unspecified atom stereocenters. The molecule has 2 aromatic carbocycles. The molecule has 0 amide bonds. The number of benzene rings is 2. The zero-order chi connectivity index (χ0) is 22.7. The molecule has 0 spiro atoms. The first-order valence-electron chi connectivity index (χ1n) is 11.1. The summed E-state index contributed by atoms with van der Waals surface area (Å²) in [6, 6.07) is 23.8. The summed E-state index contributed by atoms with van der Waals surface area (Å²) in [5, 5.41) is 16.1. The van der Waals surface area contributed by atoms with Crippen LogP contribution in [-0.2, 0) is 16.6 Å². The zero-order valence-electron chi connectivity index (χ0n) is 18.3. The minimum Gasteiger partial charge on any atom is -0.481 e. The van der Waals surface area contributed by atoms with Crippen molar-refractivity contribution in [2.24, 2.45) is 0 Å². The summed E-state index contributed by atoms with van der Waals surface area (Å²) in [5.74, 6) is -0.176. The molecule has 6 heteroatoms. The van der Waals surface area contributed by atoms with E-state index >= 15 is 0 Å². The van der Waals surface area contributed by atoms with Crippen LogP contribution in [0.25, 0.3) is 0 Å². The van der Waals surface area contributed by atoms with E-state index in [1.807, 2.05) is 60.7 Å². The Bertz CT molecular complexity index is 948. The number of nitrogens with zero attached hydrogens (tertiary/aromatic N) is 1. The van der Waals surface area contributed by atoms with E-state index in [9.17, 15) is 9.90 Å². The van der Waals surface area contributed by atoms with Crippen molar-refractivity contribution in [3.63, 3.8) is 0 Å². The number of pyridine rings is 1. The molecule has 1 saturated carbocycles. The Balaban J connectivity index is 0.000000416. The van der Waals surface area contributed by atoms with E-state index < -0.39 is 11.4 Å². The Morgan fingerprint density at radius 3 is 2.31 bits per heavy atom. The minimum absolute atomic E-state index is 0.523. The first-order chi connectivity index (χ1) is 15.6. The number of carboxylic acids is 1. The van der Waals surface area contributed by atoms with Crippen LogP contribution in [0.4, 0.5) is 11.5 Å². The molecule has 3 aromatic rings. The molecule has 1 aliphatic rings. The van der Waals surface area contributed by atoms with Gasteiger partial charge in [-0.25, -0.2) is 4.98 Å². The molecule has 0 bridgehead atoms. The van der Waals surface area contributed by atoms with Crippen LogP contribution >= 0.6 is 0 Å². The van der Waals surface area contributed by atoms with Crippen molar-refractivity contribution in [2.75, 3.05) is 30.7 Å². The Morgan fingerprint density at radius 1 is 0.969 bits per heavy atom. The number of carbonyl (C=O) groups is 1. The van der Waals surface area contributed by atoms with Gasteiger partial charge in [-0.1, -0.05) is 60.7 Å². The summed E-state index contributed by atoms with van der Waals surface area (Å²) in [6.45, 7) is 2.62. The van der Waals surface area contributed by atoms with Crippen LogP contribution in [0.1, 0.15) is 30.4 Å². The fraction of sp³-hybridized carbons (Fsp3) is 0.308. The summed E-state index contributed by atoms with van der Waals surface area (Å²) in [7, 11) is 0. The van der Waals surface area contributed by atoms with Crippen LogP contribution in [0.3, 0.4) is 0 Å². The SMILES string of the molecule is Nc1ncccc1NCCCNCCc1cccc(C2(C(=O)O)CC2)c1.c1ccccc1. The smallest absolute Gasteiger partial charge is 0.314 e. The molecule has 168 valence electrons. The molecular weight excluding hydrogens is 400 g/mol. The van der Waals surface area contributed by atoms with Crippen molar-refractivity contribution in [2.45, 2.75) is 31.1 Å². The normalized spacial score (nSPS) is 13.5. The van der Waals surface area contributed by atoms with Crippen LogP contribution in [0.5, 0.6) is 0 Å². The van der Waals surface area contributed by atoms with Gasteiger partial charge in [-0.15, -0.1) is 0 Å². The first kappa shape index (κ1) is 23.3. The largest absolute Gasteiger partial charge is 0.481 e. The summed E-state index contributed by atoms with van der Waals surface area (Å²) >= 11 is 0. The van der Waals surface area contributed by atoms with Gasteiger partial charge in [0.05, 0.1) is 11.1 Å². The molecule has 32 heavy (non-hydrogen) atoms. The Morgan fingerprint density at radius 2 is 1.69 bits per heavy atom. The van der Waals surface area contributed by atoms with Crippen LogP contribution in [0, 0.1) is 0 Å². The fourth-order valence-corrected chi connectivity index (χ4v) is 3.52. The van der Waals surface area contributed by atoms with E-state index in [1.54, 1.807) is 6.20 Å². The van der Waals surface area contributed by atoms with Gasteiger partial charge in [-0.3, -0.25) is 4.79 Å². The van der Waals surface area contributed by atoms with Crippen molar-refractivity contribution >= 4 is 17.5 Å². The van der Waals surface area contributed by atoms with E-state index in [1.165, 1.54) is 5.56 Å². The van der Waals surface area contributed by atoms with Crippen LogP contribution in [0.2, 0.25) is 0 Å². The molecule has 0 saturated heterocycles. The van der Waals surface area contributed by atoms with E-state index in [0.29, 0.717) is 5.82 Å². The number of nitrogen functional groups attached to an aromatic ring is 1. The number of rotatable bonds is 10. The van der Waals surface area contributed by atoms with E-state index in [0.717, 1.165) is 56.6 Å². The lowest BCUT2D eigenvalue weighted by Gasteiger charge is -2.12. The maximum atomic E-state index is 11.4. The number of nitrogens with one attached hydrogen (secondary N) is 2. The lowest BCUT2D eigenvalue weighted by molar-refractivity contribution is -0.140. The number of hydrogen-bond donors (Lipinski definition) is 4. The Hall–Kier alpha value is -3.38. The predicted octanol–water partition coefficient (Wildman–Crippen LogP) is 4.10. The van der Waals surface area contributed by atoms with E-state index in [-0.39, 0.29) is 0 Å². The molecule has 5 N–H and O–H groups in total. The van der Waals surface area contributed by atoms with Crippen molar-refractivity contribution in [1.82, 2.24) is 10.3 Å². The van der Waals surface area contributed by atoms with Gasteiger partial charge in [0.2, 0.25) is 0 Å². The van der Waals surface area contributed by atoms with E-state index in [2.05, 4.69) is 27.8 Å². The monoisotopic (exact) mass is 432 g/mol. The zero-order valence-corrected chi connectivity index (χ0v) is 18.3. The second kappa shape index (κ2) is 11.9. The van der Waals surface area contributed by atoms with Gasteiger partial charge in [-0.05, 0) is 62.0 Å².